The van der Waals surface area contributed by atoms with Crippen LogP contribution in [0.4, 0.5) is 26.3 Å². The Morgan fingerprint density at radius 1 is 0.960 bits per heavy atom. The Morgan fingerprint density at radius 2 is 1.60 bits per heavy atom. The summed E-state index contributed by atoms with van der Waals surface area (Å²) < 4.78 is 82.0. The van der Waals surface area contributed by atoms with Gasteiger partial charge in [0.1, 0.15) is 11.6 Å². The van der Waals surface area contributed by atoms with Gasteiger partial charge in [-0.1, -0.05) is 37.6 Å². The van der Waals surface area contributed by atoms with E-state index in [0.29, 0.717) is 18.2 Å². The fourth-order valence-corrected chi connectivity index (χ4v) is 2.22. The van der Waals surface area contributed by atoms with Gasteiger partial charge in [-0.15, -0.1) is 13.2 Å². The van der Waals surface area contributed by atoms with E-state index >= 15 is 0 Å². The number of hydrogen-bond donors (Lipinski definition) is 0. The maximum atomic E-state index is 14.2. The quantitative estimate of drug-likeness (QED) is 0.440. The van der Waals surface area contributed by atoms with E-state index in [-0.39, 0.29) is 5.56 Å². The fraction of sp³-hybridized carbons (Fsp3) is 0.222. The maximum Gasteiger partial charge on any atom is 0.573 e. The molecule has 0 aliphatic rings. The highest BCUT2D eigenvalue weighted by Gasteiger charge is 2.31. The van der Waals surface area contributed by atoms with Crippen LogP contribution in [0.1, 0.15) is 30.0 Å². The van der Waals surface area contributed by atoms with E-state index in [1.165, 1.54) is 12.1 Å². The Balaban J connectivity index is 2.31. The van der Waals surface area contributed by atoms with Gasteiger partial charge in [0.05, 0.1) is 0 Å². The third kappa shape index (κ3) is 5.01. The first-order valence-electron chi connectivity index (χ1n) is 7.41. The van der Waals surface area contributed by atoms with E-state index in [9.17, 15) is 26.3 Å². The van der Waals surface area contributed by atoms with E-state index in [0.717, 1.165) is 18.4 Å². The number of ether oxygens (including phenoxy) is 1. The van der Waals surface area contributed by atoms with Crippen LogP contribution in [0.5, 0.6) is 5.75 Å². The highest BCUT2D eigenvalue weighted by molar-refractivity contribution is 5.83. The summed E-state index contributed by atoms with van der Waals surface area (Å²) in [4.78, 5) is 0. The zero-order valence-corrected chi connectivity index (χ0v) is 13.1. The molecule has 0 amide bonds. The first-order chi connectivity index (χ1) is 11.7. The van der Waals surface area contributed by atoms with Crippen LogP contribution in [0.25, 0.3) is 11.7 Å². The van der Waals surface area contributed by atoms with Crippen LogP contribution in [0, 0.1) is 5.82 Å². The van der Waals surface area contributed by atoms with Gasteiger partial charge in [-0.05, 0) is 24.1 Å². The molecular weight excluding hydrogens is 346 g/mol. The van der Waals surface area contributed by atoms with Crippen molar-refractivity contribution in [2.75, 3.05) is 0 Å². The lowest BCUT2D eigenvalue weighted by Crippen LogP contribution is -2.17. The van der Waals surface area contributed by atoms with Crippen LogP contribution < -0.4 is 4.74 Å². The van der Waals surface area contributed by atoms with Gasteiger partial charge < -0.3 is 4.74 Å². The van der Waals surface area contributed by atoms with Gasteiger partial charge in [0.2, 0.25) is 0 Å². The zero-order valence-electron chi connectivity index (χ0n) is 13.1. The summed E-state index contributed by atoms with van der Waals surface area (Å²) in [6.45, 7) is 1.98. The normalized spacial score (nSPS) is 12.8. The van der Waals surface area contributed by atoms with Crippen molar-refractivity contribution >= 4 is 11.7 Å². The second kappa shape index (κ2) is 7.63. The molecule has 0 saturated heterocycles. The smallest absolute Gasteiger partial charge is 0.406 e. The predicted molar refractivity (Wildman–Crippen MR) is 82.6 cm³/mol. The molecular formula is C18H14F6O. The Hall–Kier alpha value is -2.44. The number of aryl methyl sites for hydroxylation is 1. The molecule has 0 N–H and O–H groups in total. The first kappa shape index (κ1) is 18.9. The number of benzene rings is 2. The van der Waals surface area contributed by atoms with E-state index in [2.05, 4.69) is 4.74 Å². The molecule has 0 unspecified atom stereocenters. The van der Waals surface area contributed by atoms with Crippen LogP contribution in [0.3, 0.4) is 0 Å². The van der Waals surface area contributed by atoms with Gasteiger partial charge in [-0.25, -0.2) is 13.2 Å². The number of alkyl halides is 3. The minimum atomic E-state index is -5.01. The van der Waals surface area contributed by atoms with Crippen LogP contribution in [0.2, 0.25) is 0 Å². The summed E-state index contributed by atoms with van der Waals surface area (Å²) in [5.41, 5.74) is 0.0660. The van der Waals surface area contributed by atoms with Crippen LogP contribution in [0.15, 0.2) is 42.5 Å². The van der Waals surface area contributed by atoms with Crippen molar-refractivity contribution in [1.29, 1.82) is 0 Å². The molecule has 1 nitrogen and oxygen atoms in total. The lowest BCUT2D eigenvalue weighted by atomic mass is 10.1. The molecule has 0 heterocycles. The summed E-state index contributed by atoms with van der Waals surface area (Å²) >= 11 is 0. The predicted octanol–water partition coefficient (Wildman–Crippen LogP) is 6.44. The van der Waals surface area contributed by atoms with E-state index < -0.39 is 35.1 Å². The van der Waals surface area contributed by atoms with Gasteiger partial charge in [0.15, 0.2) is 11.7 Å². The zero-order chi connectivity index (χ0) is 18.6. The molecule has 0 saturated carbocycles. The summed E-state index contributed by atoms with van der Waals surface area (Å²) in [5, 5.41) is 0. The van der Waals surface area contributed by atoms with Crippen molar-refractivity contribution in [1.82, 2.24) is 0 Å². The van der Waals surface area contributed by atoms with Gasteiger partial charge in [-0.2, -0.15) is 0 Å². The van der Waals surface area contributed by atoms with Crippen molar-refractivity contribution in [3.05, 3.63) is 65.0 Å². The molecule has 0 aliphatic heterocycles. The van der Waals surface area contributed by atoms with Crippen molar-refractivity contribution in [3.63, 3.8) is 0 Å². The van der Waals surface area contributed by atoms with E-state index in [1.54, 1.807) is 12.1 Å². The summed E-state index contributed by atoms with van der Waals surface area (Å²) in [5.74, 6) is -5.02. The minimum Gasteiger partial charge on any atom is -0.406 e. The molecule has 0 fully saturated rings. The molecule has 7 heteroatoms. The highest BCUT2D eigenvalue weighted by atomic mass is 19.4. The first-order valence-corrected chi connectivity index (χ1v) is 7.41. The van der Waals surface area contributed by atoms with Gasteiger partial charge in [-0.3, -0.25) is 0 Å². The molecule has 0 spiro atoms. The van der Waals surface area contributed by atoms with Crippen molar-refractivity contribution in [2.45, 2.75) is 26.1 Å². The van der Waals surface area contributed by atoms with Gasteiger partial charge >= 0.3 is 6.36 Å². The molecule has 0 aliphatic carbocycles. The number of halogens is 6. The number of rotatable bonds is 5. The fourth-order valence-electron chi connectivity index (χ4n) is 2.22. The molecule has 0 radical (unpaired) electrons. The molecule has 0 atom stereocenters. The van der Waals surface area contributed by atoms with Crippen LogP contribution >= 0.6 is 0 Å². The van der Waals surface area contributed by atoms with Crippen molar-refractivity contribution in [2.24, 2.45) is 0 Å². The molecule has 0 bridgehead atoms. The average Bonchev–Trinajstić information content (AvgIpc) is 2.53. The Bertz CT molecular complexity index is 762. The lowest BCUT2D eigenvalue weighted by molar-refractivity contribution is -0.274. The Kier molecular flexibility index (Phi) is 5.77. The summed E-state index contributed by atoms with van der Waals surface area (Å²) in [6, 6.07) is 7.72. The monoisotopic (exact) mass is 360 g/mol. The molecule has 0 aromatic heterocycles. The SMILES string of the molecule is CCCc1ccc(/C(F)=C(\F)c2ccc(OC(F)(F)F)cc2F)cc1. The summed E-state index contributed by atoms with van der Waals surface area (Å²) in [7, 11) is 0. The topological polar surface area (TPSA) is 9.23 Å². The third-order valence-electron chi connectivity index (χ3n) is 3.35. The molecule has 2 aromatic rings. The Labute approximate surface area is 140 Å². The minimum absolute atomic E-state index is 0.0904. The lowest BCUT2D eigenvalue weighted by Gasteiger charge is -2.10. The second-order valence-electron chi connectivity index (χ2n) is 5.26. The molecule has 2 aromatic carbocycles. The van der Waals surface area contributed by atoms with E-state index in [4.69, 9.17) is 0 Å². The standard InChI is InChI=1S/C18H14F6O/c1-2-3-11-4-6-12(7-5-11)16(20)17(21)14-9-8-13(10-15(14)19)25-18(22,23)24/h4-10H,2-3H2,1H3/b17-16+. The molecule has 25 heavy (non-hydrogen) atoms. The van der Waals surface area contributed by atoms with Crippen LogP contribution in [-0.4, -0.2) is 6.36 Å². The Morgan fingerprint density at radius 3 is 2.12 bits per heavy atom. The highest BCUT2D eigenvalue weighted by Crippen LogP contribution is 2.33. The second-order valence-corrected chi connectivity index (χ2v) is 5.26. The molecule has 134 valence electrons. The van der Waals surface area contributed by atoms with Gasteiger partial charge in [0.25, 0.3) is 0 Å². The van der Waals surface area contributed by atoms with Crippen molar-refractivity contribution in [3.8, 4) is 5.75 Å². The average molecular weight is 360 g/mol. The maximum absolute atomic E-state index is 14.2. The van der Waals surface area contributed by atoms with Crippen LogP contribution in [-0.2, 0) is 6.42 Å². The van der Waals surface area contributed by atoms with Gasteiger partial charge in [0, 0.05) is 17.2 Å². The molecule has 2 rings (SSSR count). The van der Waals surface area contributed by atoms with E-state index in [1.807, 2.05) is 6.92 Å². The largest absolute Gasteiger partial charge is 0.573 e. The third-order valence-corrected chi connectivity index (χ3v) is 3.35. The summed E-state index contributed by atoms with van der Waals surface area (Å²) in [6.07, 6.45) is -3.33. The number of hydrogen-bond acceptors (Lipinski definition) is 1. The van der Waals surface area contributed by atoms with Crippen molar-refractivity contribution < 1.29 is 31.1 Å².